The summed E-state index contributed by atoms with van der Waals surface area (Å²) in [5.74, 6) is 1.38. The van der Waals surface area contributed by atoms with Crippen molar-refractivity contribution in [1.82, 2.24) is 5.32 Å². The summed E-state index contributed by atoms with van der Waals surface area (Å²) >= 11 is 1.91. The molecular weight excluding hydrogens is 246 g/mol. The molecule has 1 rings (SSSR count). The number of ether oxygens (including phenoxy) is 1. The van der Waals surface area contributed by atoms with Crippen LogP contribution >= 0.6 is 11.8 Å². The number of carbonyl (C=O) groups excluding carboxylic acids is 1. The minimum Gasteiger partial charge on any atom is -0.466 e. The Balaban J connectivity index is 2.16. The molecule has 4 heteroatoms. The highest BCUT2D eigenvalue weighted by Gasteiger charge is 2.27. The molecule has 1 aliphatic carbocycles. The zero-order chi connectivity index (χ0) is 13.2. The number of unbranched alkanes of at least 4 members (excludes halogenated alkanes) is 1. The molecule has 1 aliphatic rings. The monoisotopic (exact) mass is 273 g/mol. The van der Waals surface area contributed by atoms with Gasteiger partial charge in [-0.25, -0.2) is 0 Å². The van der Waals surface area contributed by atoms with Crippen LogP contribution in [0.3, 0.4) is 0 Å². The van der Waals surface area contributed by atoms with Gasteiger partial charge < -0.3 is 10.1 Å². The number of thioether (sulfide) groups is 1. The van der Waals surface area contributed by atoms with Crippen molar-refractivity contribution in [1.29, 1.82) is 0 Å². The Labute approximate surface area is 115 Å². The molecule has 1 fully saturated rings. The Morgan fingerprint density at radius 1 is 1.39 bits per heavy atom. The summed E-state index contributed by atoms with van der Waals surface area (Å²) in [6, 6.07) is 0.516. The summed E-state index contributed by atoms with van der Waals surface area (Å²) in [5.41, 5.74) is 0. The van der Waals surface area contributed by atoms with E-state index in [0.29, 0.717) is 12.6 Å². The Kier molecular flexibility index (Phi) is 8.51. The number of esters is 1. The van der Waals surface area contributed by atoms with Crippen molar-refractivity contribution < 1.29 is 9.53 Å². The molecule has 0 saturated heterocycles. The zero-order valence-electron chi connectivity index (χ0n) is 11.7. The average Bonchev–Trinajstić information content (AvgIpc) is 2.39. The van der Waals surface area contributed by atoms with Crippen molar-refractivity contribution in [2.75, 3.05) is 25.2 Å². The minimum atomic E-state index is 0.00591. The first kappa shape index (κ1) is 15.8. The maximum Gasteiger partial charge on any atom is 0.308 e. The predicted octanol–water partition coefficient (Wildman–Crippen LogP) is 2.84. The average molecular weight is 273 g/mol. The second kappa shape index (κ2) is 9.68. The van der Waals surface area contributed by atoms with Gasteiger partial charge in [0.25, 0.3) is 0 Å². The van der Waals surface area contributed by atoms with Crippen LogP contribution in [0.25, 0.3) is 0 Å². The van der Waals surface area contributed by atoms with E-state index in [9.17, 15) is 4.79 Å². The highest BCUT2D eigenvalue weighted by Crippen LogP contribution is 2.25. The van der Waals surface area contributed by atoms with Crippen LogP contribution in [0.15, 0.2) is 0 Å². The molecule has 0 spiro atoms. The SMILES string of the molecule is CCOC(=O)C1CCCC(NCCCCSC)C1. The van der Waals surface area contributed by atoms with Gasteiger partial charge in [-0.2, -0.15) is 11.8 Å². The summed E-state index contributed by atoms with van der Waals surface area (Å²) in [7, 11) is 0. The van der Waals surface area contributed by atoms with Crippen LogP contribution in [-0.4, -0.2) is 37.2 Å². The summed E-state index contributed by atoms with van der Waals surface area (Å²) in [6.07, 6.45) is 8.98. The fourth-order valence-corrected chi connectivity index (χ4v) is 3.02. The molecule has 0 aromatic heterocycles. The highest BCUT2D eigenvalue weighted by molar-refractivity contribution is 7.98. The molecule has 0 aliphatic heterocycles. The van der Waals surface area contributed by atoms with Gasteiger partial charge in [0.05, 0.1) is 12.5 Å². The van der Waals surface area contributed by atoms with E-state index >= 15 is 0 Å². The van der Waals surface area contributed by atoms with Crippen molar-refractivity contribution >= 4 is 17.7 Å². The third-order valence-corrected chi connectivity index (χ3v) is 4.20. The minimum absolute atomic E-state index is 0.00591. The highest BCUT2D eigenvalue weighted by atomic mass is 32.2. The molecule has 0 heterocycles. The molecular formula is C14H27NO2S. The van der Waals surface area contributed by atoms with Crippen LogP contribution < -0.4 is 5.32 Å². The van der Waals surface area contributed by atoms with Gasteiger partial charge in [0.15, 0.2) is 0 Å². The molecule has 0 amide bonds. The van der Waals surface area contributed by atoms with Gasteiger partial charge in [-0.3, -0.25) is 4.79 Å². The molecule has 0 radical (unpaired) electrons. The lowest BCUT2D eigenvalue weighted by atomic mass is 9.85. The van der Waals surface area contributed by atoms with E-state index in [1.54, 1.807) is 0 Å². The Morgan fingerprint density at radius 2 is 2.22 bits per heavy atom. The number of nitrogens with one attached hydrogen (secondary N) is 1. The molecule has 0 aromatic rings. The van der Waals surface area contributed by atoms with Gasteiger partial charge in [0, 0.05) is 6.04 Å². The fourth-order valence-electron chi connectivity index (χ4n) is 2.53. The van der Waals surface area contributed by atoms with E-state index < -0.39 is 0 Å². The van der Waals surface area contributed by atoms with Crippen molar-refractivity contribution in [3.05, 3.63) is 0 Å². The van der Waals surface area contributed by atoms with E-state index in [2.05, 4.69) is 11.6 Å². The van der Waals surface area contributed by atoms with E-state index in [0.717, 1.165) is 25.8 Å². The van der Waals surface area contributed by atoms with Crippen LogP contribution in [0.5, 0.6) is 0 Å². The van der Waals surface area contributed by atoms with Crippen LogP contribution in [0.2, 0.25) is 0 Å². The van der Waals surface area contributed by atoms with Gasteiger partial charge in [-0.05, 0) is 57.6 Å². The summed E-state index contributed by atoms with van der Waals surface area (Å²) in [4.78, 5) is 11.7. The third-order valence-electron chi connectivity index (χ3n) is 3.50. The maximum atomic E-state index is 11.7. The van der Waals surface area contributed by atoms with Crippen LogP contribution in [0.1, 0.15) is 45.4 Å². The van der Waals surface area contributed by atoms with Gasteiger partial charge in [0.2, 0.25) is 0 Å². The summed E-state index contributed by atoms with van der Waals surface area (Å²) in [6.45, 7) is 3.46. The lowest BCUT2D eigenvalue weighted by Crippen LogP contribution is -2.37. The largest absolute Gasteiger partial charge is 0.466 e. The third kappa shape index (κ3) is 6.10. The predicted molar refractivity (Wildman–Crippen MR) is 78.0 cm³/mol. The maximum absolute atomic E-state index is 11.7. The first-order valence-electron chi connectivity index (χ1n) is 7.16. The quantitative estimate of drug-likeness (QED) is 0.545. The smallest absolute Gasteiger partial charge is 0.308 e. The molecule has 106 valence electrons. The molecule has 0 aromatic carbocycles. The van der Waals surface area contributed by atoms with Crippen molar-refractivity contribution in [2.45, 2.75) is 51.5 Å². The van der Waals surface area contributed by atoms with Gasteiger partial charge in [0.1, 0.15) is 0 Å². The van der Waals surface area contributed by atoms with Crippen LogP contribution in [0.4, 0.5) is 0 Å². The first-order valence-corrected chi connectivity index (χ1v) is 8.56. The molecule has 1 N–H and O–H groups in total. The molecule has 3 nitrogen and oxygen atoms in total. The lowest BCUT2D eigenvalue weighted by molar-refractivity contribution is -0.149. The molecule has 18 heavy (non-hydrogen) atoms. The second-order valence-electron chi connectivity index (χ2n) is 4.97. The topological polar surface area (TPSA) is 38.3 Å². The molecule has 2 unspecified atom stereocenters. The van der Waals surface area contributed by atoms with E-state index in [4.69, 9.17) is 4.74 Å². The number of hydrogen-bond acceptors (Lipinski definition) is 4. The van der Waals surface area contributed by atoms with E-state index in [-0.39, 0.29) is 11.9 Å². The number of rotatable bonds is 8. The summed E-state index contributed by atoms with van der Waals surface area (Å²) in [5, 5.41) is 3.59. The van der Waals surface area contributed by atoms with Crippen molar-refractivity contribution in [3.8, 4) is 0 Å². The Bertz CT molecular complexity index is 236. The van der Waals surface area contributed by atoms with Gasteiger partial charge >= 0.3 is 5.97 Å². The Morgan fingerprint density at radius 3 is 2.94 bits per heavy atom. The molecule has 0 bridgehead atoms. The number of hydrogen-bond donors (Lipinski definition) is 1. The van der Waals surface area contributed by atoms with E-state index in [1.807, 2.05) is 18.7 Å². The van der Waals surface area contributed by atoms with Crippen LogP contribution in [-0.2, 0) is 9.53 Å². The first-order chi connectivity index (χ1) is 8.77. The normalized spacial score (nSPS) is 23.9. The van der Waals surface area contributed by atoms with Crippen molar-refractivity contribution in [2.24, 2.45) is 5.92 Å². The molecule has 1 saturated carbocycles. The van der Waals surface area contributed by atoms with Gasteiger partial charge in [-0.1, -0.05) is 6.42 Å². The lowest BCUT2D eigenvalue weighted by Gasteiger charge is -2.28. The summed E-state index contributed by atoms with van der Waals surface area (Å²) < 4.78 is 5.12. The Hall–Kier alpha value is -0.220. The second-order valence-corrected chi connectivity index (χ2v) is 5.95. The van der Waals surface area contributed by atoms with E-state index in [1.165, 1.54) is 25.0 Å². The zero-order valence-corrected chi connectivity index (χ0v) is 12.6. The fraction of sp³-hybridized carbons (Fsp3) is 0.929. The van der Waals surface area contributed by atoms with Gasteiger partial charge in [-0.15, -0.1) is 0 Å². The number of carbonyl (C=O) groups is 1. The molecule has 2 atom stereocenters. The standard InChI is InChI=1S/C14H27NO2S/c1-3-17-14(16)12-7-6-8-13(11-12)15-9-4-5-10-18-2/h12-13,15H,3-11H2,1-2H3. The van der Waals surface area contributed by atoms with Crippen LogP contribution in [0, 0.1) is 5.92 Å². The van der Waals surface area contributed by atoms with Crippen molar-refractivity contribution in [3.63, 3.8) is 0 Å².